The Hall–Kier alpha value is -4.08. The molecule has 1 fully saturated rings. The first kappa shape index (κ1) is 23.1. The maximum Gasteiger partial charge on any atom is 0.254 e. The van der Waals surface area contributed by atoms with Crippen LogP contribution in [0.5, 0.6) is 5.75 Å². The highest BCUT2D eigenvalue weighted by atomic mass is 16.3. The van der Waals surface area contributed by atoms with Crippen LogP contribution in [-0.2, 0) is 4.79 Å². The number of aromatic hydroxyl groups is 1. The Kier molecular flexibility index (Phi) is 6.96. The Labute approximate surface area is 199 Å². The Morgan fingerprint density at radius 3 is 3.03 bits per heavy atom. The molecule has 9 nitrogen and oxygen atoms in total. The first-order valence-electron chi connectivity index (χ1n) is 11.2. The molecule has 0 aliphatic carbocycles. The molecule has 0 saturated carbocycles. The van der Waals surface area contributed by atoms with E-state index in [1.165, 1.54) is 18.6 Å². The lowest BCUT2D eigenvalue weighted by Gasteiger charge is -2.33. The molecule has 0 spiro atoms. The maximum absolute atomic E-state index is 12.7. The number of fused-ring (bicyclic) bond motifs is 1. The highest BCUT2D eigenvalue weighted by Crippen LogP contribution is 2.29. The highest BCUT2D eigenvalue weighted by Gasteiger charge is 2.25. The maximum atomic E-state index is 12.7. The van der Waals surface area contributed by atoms with E-state index in [1.54, 1.807) is 22.8 Å². The molecule has 1 aliphatic rings. The van der Waals surface area contributed by atoms with E-state index in [-0.39, 0.29) is 17.6 Å². The fourth-order valence-corrected chi connectivity index (χ4v) is 4.13. The minimum atomic E-state index is -0.116. The smallest absolute Gasteiger partial charge is 0.254 e. The van der Waals surface area contributed by atoms with E-state index in [9.17, 15) is 9.90 Å². The van der Waals surface area contributed by atoms with Gasteiger partial charge in [0.2, 0.25) is 0 Å². The van der Waals surface area contributed by atoms with Crippen LogP contribution in [-0.4, -0.2) is 64.2 Å². The number of hydrogen-bond donors (Lipinski definition) is 3. The monoisotopic (exact) mass is 457 g/mol. The molecule has 1 aromatic carbocycles. The number of nitrogens with zero attached hydrogens (tertiary/aromatic N) is 5. The minimum absolute atomic E-state index is 0.116. The number of hydrogen-bond acceptors (Lipinski definition) is 7. The van der Waals surface area contributed by atoms with E-state index >= 15 is 0 Å². The van der Waals surface area contributed by atoms with Crippen LogP contribution in [0.2, 0.25) is 0 Å². The van der Waals surface area contributed by atoms with Crippen molar-refractivity contribution >= 4 is 36.9 Å². The molecule has 174 valence electrons. The van der Waals surface area contributed by atoms with Gasteiger partial charge in [-0.25, -0.2) is 4.98 Å². The highest BCUT2D eigenvalue weighted by molar-refractivity contribution is 6.36. The predicted molar refractivity (Wildman–Crippen MR) is 137 cm³/mol. The first-order valence-corrected chi connectivity index (χ1v) is 11.2. The van der Waals surface area contributed by atoms with Crippen LogP contribution in [0.3, 0.4) is 0 Å². The van der Waals surface area contributed by atoms with E-state index in [1.807, 2.05) is 30.9 Å². The van der Waals surface area contributed by atoms with Gasteiger partial charge in [0, 0.05) is 56.1 Å². The molecule has 4 N–H and O–H groups in total. The molecular formula is C24H28BN7O2. The number of amides is 1. The van der Waals surface area contributed by atoms with Gasteiger partial charge in [0.05, 0.1) is 11.3 Å². The van der Waals surface area contributed by atoms with Gasteiger partial charge in [-0.1, -0.05) is 18.7 Å². The van der Waals surface area contributed by atoms with E-state index in [2.05, 4.69) is 22.0 Å². The summed E-state index contributed by atoms with van der Waals surface area (Å²) in [5.41, 5.74) is 8.60. The van der Waals surface area contributed by atoms with E-state index in [0.29, 0.717) is 36.5 Å². The molecule has 3 aromatic rings. The van der Waals surface area contributed by atoms with Crippen LogP contribution in [0.25, 0.3) is 16.9 Å². The summed E-state index contributed by atoms with van der Waals surface area (Å²) >= 11 is 0. The van der Waals surface area contributed by atoms with Crippen molar-refractivity contribution in [1.29, 1.82) is 0 Å². The number of aromatic nitrogens is 3. The molecular weight excluding hydrogens is 429 g/mol. The molecule has 4 rings (SSSR count). The zero-order valence-electron chi connectivity index (χ0n) is 19.2. The van der Waals surface area contributed by atoms with E-state index in [4.69, 9.17) is 10.7 Å². The number of carbonyl (C=O) groups is 1. The number of phenols is 1. The molecule has 1 amide bonds. The lowest BCUT2D eigenvalue weighted by atomic mass is 9.97. The Balaban J connectivity index is 1.50. The van der Waals surface area contributed by atoms with Gasteiger partial charge in [-0.15, -0.1) is 0 Å². The summed E-state index contributed by atoms with van der Waals surface area (Å²) in [4.78, 5) is 23.2. The van der Waals surface area contributed by atoms with Gasteiger partial charge >= 0.3 is 0 Å². The lowest BCUT2D eigenvalue weighted by Crippen LogP contribution is -2.42. The summed E-state index contributed by atoms with van der Waals surface area (Å²) in [6.07, 6.45) is 7.85. The average molecular weight is 457 g/mol. The number of likely N-dealkylation sites (tertiary alicyclic amines) is 1. The van der Waals surface area contributed by atoms with Gasteiger partial charge in [-0.3, -0.25) is 9.79 Å². The number of piperidine rings is 1. The van der Waals surface area contributed by atoms with Gasteiger partial charge < -0.3 is 21.1 Å². The largest absolute Gasteiger partial charge is 0.507 e. The number of para-hydroxylation sites is 1. The number of nitrogens with one attached hydrogen (secondary N) is 1. The van der Waals surface area contributed by atoms with Crippen molar-refractivity contribution in [2.75, 3.05) is 25.0 Å². The quantitative estimate of drug-likeness (QED) is 0.277. The predicted octanol–water partition coefficient (Wildman–Crippen LogP) is 1.07. The SMILES string of the molecule is Bc1cnn2c(NCC3CCCN(C(=O)C(=C)/C=N\C=C/N)C3)cc(-c3ccccc3O)nc12. The number of benzene rings is 1. The third kappa shape index (κ3) is 4.95. The second-order valence-corrected chi connectivity index (χ2v) is 8.39. The van der Waals surface area contributed by atoms with Crippen molar-refractivity contribution in [2.24, 2.45) is 16.6 Å². The van der Waals surface area contributed by atoms with Crippen LogP contribution < -0.4 is 16.5 Å². The van der Waals surface area contributed by atoms with Crippen molar-refractivity contribution in [1.82, 2.24) is 19.5 Å². The Bertz CT molecular complexity index is 1270. The van der Waals surface area contributed by atoms with Gasteiger partial charge in [-0.2, -0.15) is 9.61 Å². The summed E-state index contributed by atoms with van der Waals surface area (Å²) in [7, 11) is 1.96. The van der Waals surface area contributed by atoms with Crippen molar-refractivity contribution < 1.29 is 9.90 Å². The van der Waals surface area contributed by atoms with Crippen molar-refractivity contribution in [2.45, 2.75) is 12.8 Å². The van der Waals surface area contributed by atoms with Crippen LogP contribution in [0.4, 0.5) is 5.82 Å². The molecule has 10 heteroatoms. The molecule has 3 heterocycles. The second kappa shape index (κ2) is 10.2. The Morgan fingerprint density at radius 2 is 2.24 bits per heavy atom. The normalized spacial score (nSPS) is 16.5. The fraction of sp³-hybridized carbons (Fsp3) is 0.250. The number of nitrogens with two attached hydrogens (primary N) is 1. The number of carbonyl (C=O) groups excluding carboxylic acids is 1. The Morgan fingerprint density at radius 1 is 1.41 bits per heavy atom. The third-order valence-electron chi connectivity index (χ3n) is 5.88. The van der Waals surface area contributed by atoms with Crippen LogP contribution >= 0.6 is 0 Å². The van der Waals surface area contributed by atoms with E-state index in [0.717, 1.165) is 29.8 Å². The van der Waals surface area contributed by atoms with Crippen molar-refractivity contribution in [3.05, 3.63) is 61.1 Å². The van der Waals surface area contributed by atoms with E-state index < -0.39 is 0 Å². The van der Waals surface area contributed by atoms with Crippen LogP contribution in [0, 0.1) is 5.92 Å². The number of phenolic OH excluding ortho intramolecular Hbond substituents is 1. The van der Waals surface area contributed by atoms with Gasteiger partial charge in [-0.05, 0) is 36.4 Å². The molecule has 1 aliphatic heterocycles. The molecule has 1 atom stereocenters. The number of rotatable bonds is 7. The lowest BCUT2D eigenvalue weighted by molar-refractivity contribution is -0.128. The van der Waals surface area contributed by atoms with Crippen LogP contribution in [0.15, 0.2) is 66.1 Å². The summed E-state index contributed by atoms with van der Waals surface area (Å²) in [5.74, 6) is 1.11. The summed E-state index contributed by atoms with van der Waals surface area (Å²) in [6, 6.07) is 9.04. The first-order chi connectivity index (χ1) is 16.5. The number of anilines is 1. The fourth-order valence-electron chi connectivity index (χ4n) is 4.13. The minimum Gasteiger partial charge on any atom is -0.507 e. The van der Waals surface area contributed by atoms with Gasteiger partial charge in [0.25, 0.3) is 5.91 Å². The molecule has 0 bridgehead atoms. The summed E-state index contributed by atoms with van der Waals surface area (Å²) < 4.78 is 1.77. The van der Waals surface area contributed by atoms with Gasteiger partial charge in [0.1, 0.15) is 19.4 Å². The standard InChI is InChI=1S/C24H28BN7O2/c1-16(12-27-9-8-26)24(34)31-10-4-5-17(15-31)13-28-22-11-20(18-6-2-3-7-21(18)33)30-23-19(25)14-29-32(22)23/h2-3,6-9,11-12,14,17,28,33H,1,4-5,10,13,15,25-26H2/b9-8-,27-12-. The zero-order valence-corrected chi connectivity index (χ0v) is 19.2. The third-order valence-corrected chi connectivity index (χ3v) is 5.88. The summed E-state index contributed by atoms with van der Waals surface area (Å²) in [6.45, 7) is 5.83. The molecule has 34 heavy (non-hydrogen) atoms. The number of aliphatic imine (C=N–C) groups is 1. The molecule has 0 radical (unpaired) electrons. The average Bonchev–Trinajstić information content (AvgIpc) is 3.23. The topological polar surface area (TPSA) is 121 Å². The van der Waals surface area contributed by atoms with Crippen molar-refractivity contribution in [3.8, 4) is 17.0 Å². The summed E-state index contributed by atoms with van der Waals surface area (Å²) in [5, 5.41) is 18.3. The zero-order chi connectivity index (χ0) is 24.1. The molecule has 1 saturated heterocycles. The molecule has 2 aromatic heterocycles. The molecule has 1 unspecified atom stereocenters. The second-order valence-electron chi connectivity index (χ2n) is 8.39. The van der Waals surface area contributed by atoms with Gasteiger partial charge in [0.15, 0.2) is 5.65 Å². The van der Waals surface area contributed by atoms with Crippen LogP contribution in [0.1, 0.15) is 12.8 Å². The van der Waals surface area contributed by atoms with Crippen molar-refractivity contribution in [3.63, 3.8) is 0 Å².